The molecule has 0 saturated carbocycles. The number of rotatable bonds is 5. The molecular formula is C9H19ClF2N2O. The van der Waals surface area contributed by atoms with E-state index in [9.17, 15) is 13.6 Å². The summed E-state index contributed by atoms with van der Waals surface area (Å²) in [6.07, 6.45) is 0. The molecule has 3 nitrogen and oxygen atoms in total. The van der Waals surface area contributed by atoms with Crippen molar-refractivity contribution in [1.82, 2.24) is 5.32 Å². The Hall–Kier alpha value is -0.420. The van der Waals surface area contributed by atoms with Crippen molar-refractivity contribution in [2.75, 3.05) is 13.1 Å². The molecule has 0 bridgehead atoms. The third-order valence-electron chi connectivity index (χ3n) is 2.23. The van der Waals surface area contributed by atoms with Gasteiger partial charge in [-0.25, -0.2) is 8.78 Å². The van der Waals surface area contributed by atoms with Crippen LogP contribution in [0.15, 0.2) is 0 Å². The standard InChI is InChI=1S/C9H18F2N2O.ClH/c1-6(2)7(3)8(14)13-5-9(10,11)4-12;/h6-7H,4-5,12H2,1-3H3,(H,13,14);1H. The molecule has 0 aliphatic carbocycles. The highest BCUT2D eigenvalue weighted by Gasteiger charge is 2.28. The minimum Gasteiger partial charge on any atom is -0.350 e. The Bertz CT molecular complexity index is 201. The van der Waals surface area contributed by atoms with Gasteiger partial charge in [0.2, 0.25) is 5.91 Å². The fourth-order valence-electron chi connectivity index (χ4n) is 0.752. The number of hydrogen-bond acceptors (Lipinski definition) is 2. The molecule has 0 heterocycles. The molecule has 3 N–H and O–H groups in total. The first-order valence-electron chi connectivity index (χ1n) is 4.66. The third-order valence-corrected chi connectivity index (χ3v) is 2.23. The number of hydrogen-bond donors (Lipinski definition) is 2. The van der Waals surface area contributed by atoms with Crippen LogP contribution in [0.25, 0.3) is 0 Å². The van der Waals surface area contributed by atoms with E-state index in [1.54, 1.807) is 6.92 Å². The molecule has 0 aliphatic heterocycles. The van der Waals surface area contributed by atoms with Gasteiger partial charge in [0, 0.05) is 5.92 Å². The van der Waals surface area contributed by atoms with Crippen molar-refractivity contribution in [3.63, 3.8) is 0 Å². The number of nitrogens with one attached hydrogen (secondary N) is 1. The monoisotopic (exact) mass is 244 g/mol. The van der Waals surface area contributed by atoms with Crippen LogP contribution in [0.4, 0.5) is 8.78 Å². The Morgan fingerprint density at radius 3 is 2.20 bits per heavy atom. The maximum absolute atomic E-state index is 12.6. The lowest BCUT2D eigenvalue weighted by atomic mass is 9.97. The van der Waals surface area contributed by atoms with Gasteiger partial charge in [-0.05, 0) is 5.92 Å². The molecule has 0 aliphatic rings. The van der Waals surface area contributed by atoms with E-state index in [0.717, 1.165) is 0 Å². The average molecular weight is 245 g/mol. The van der Waals surface area contributed by atoms with Gasteiger partial charge in [-0.2, -0.15) is 0 Å². The molecule has 0 aromatic carbocycles. The first-order chi connectivity index (χ1) is 6.30. The largest absolute Gasteiger partial charge is 0.350 e. The zero-order valence-corrected chi connectivity index (χ0v) is 10.0. The van der Waals surface area contributed by atoms with Crippen LogP contribution in [0.2, 0.25) is 0 Å². The van der Waals surface area contributed by atoms with Gasteiger partial charge in [-0.15, -0.1) is 12.4 Å². The summed E-state index contributed by atoms with van der Waals surface area (Å²) >= 11 is 0. The van der Waals surface area contributed by atoms with Crippen LogP contribution in [-0.2, 0) is 4.79 Å². The molecule has 6 heteroatoms. The minimum atomic E-state index is -3.01. The molecule has 92 valence electrons. The summed E-state index contributed by atoms with van der Waals surface area (Å²) in [6.45, 7) is 4.01. The quantitative estimate of drug-likeness (QED) is 0.768. The minimum absolute atomic E-state index is 0. The first kappa shape index (κ1) is 17.0. The maximum Gasteiger partial charge on any atom is 0.277 e. The topological polar surface area (TPSA) is 55.1 Å². The van der Waals surface area contributed by atoms with Gasteiger partial charge in [0.15, 0.2) is 0 Å². The van der Waals surface area contributed by atoms with Gasteiger partial charge in [0.25, 0.3) is 5.92 Å². The van der Waals surface area contributed by atoms with E-state index in [4.69, 9.17) is 5.73 Å². The van der Waals surface area contributed by atoms with E-state index in [0.29, 0.717) is 0 Å². The molecule has 15 heavy (non-hydrogen) atoms. The lowest BCUT2D eigenvalue weighted by Crippen LogP contribution is -2.43. The number of amides is 1. The molecule has 1 amide bonds. The summed E-state index contributed by atoms with van der Waals surface area (Å²) in [5.41, 5.74) is 4.83. The Labute approximate surface area is 95.2 Å². The second kappa shape index (κ2) is 6.95. The second-order valence-electron chi connectivity index (χ2n) is 3.81. The third kappa shape index (κ3) is 6.62. The smallest absolute Gasteiger partial charge is 0.277 e. The molecule has 0 spiro atoms. The molecule has 1 atom stereocenters. The molecule has 0 rings (SSSR count). The Morgan fingerprint density at radius 2 is 1.87 bits per heavy atom. The highest BCUT2D eigenvalue weighted by atomic mass is 35.5. The predicted molar refractivity (Wildman–Crippen MR) is 58.3 cm³/mol. The zero-order chi connectivity index (χ0) is 11.4. The number of halogens is 3. The second-order valence-corrected chi connectivity index (χ2v) is 3.81. The molecular weight excluding hydrogens is 226 g/mol. The maximum atomic E-state index is 12.6. The predicted octanol–water partition coefficient (Wildman–Crippen LogP) is 1.41. The molecule has 0 radical (unpaired) electrons. The molecule has 0 fully saturated rings. The summed E-state index contributed by atoms with van der Waals surface area (Å²) in [6, 6.07) is 0. The van der Waals surface area contributed by atoms with Crippen molar-refractivity contribution in [3.05, 3.63) is 0 Å². The van der Waals surface area contributed by atoms with Crippen molar-refractivity contribution in [2.24, 2.45) is 17.6 Å². The Morgan fingerprint density at radius 1 is 1.40 bits per heavy atom. The summed E-state index contributed by atoms with van der Waals surface area (Å²) < 4.78 is 25.3. The van der Waals surface area contributed by atoms with Gasteiger partial charge >= 0.3 is 0 Å². The highest BCUT2D eigenvalue weighted by molar-refractivity contribution is 5.85. The summed E-state index contributed by atoms with van der Waals surface area (Å²) in [5, 5.41) is 2.19. The molecule has 0 aromatic heterocycles. The van der Waals surface area contributed by atoms with Crippen molar-refractivity contribution in [1.29, 1.82) is 0 Å². The number of alkyl halides is 2. The highest BCUT2D eigenvalue weighted by Crippen LogP contribution is 2.12. The van der Waals surface area contributed by atoms with Crippen LogP contribution in [0.1, 0.15) is 20.8 Å². The van der Waals surface area contributed by atoms with E-state index in [2.05, 4.69) is 5.32 Å². The average Bonchev–Trinajstić information content (AvgIpc) is 2.13. The molecule has 0 aromatic rings. The Balaban J connectivity index is 0. The van der Waals surface area contributed by atoms with Crippen molar-refractivity contribution in [2.45, 2.75) is 26.7 Å². The van der Waals surface area contributed by atoms with Crippen LogP contribution in [0, 0.1) is 11.8 Å². The summed E-state index contributed by atoms with van der Waals surface area (Å²) in [5.74, 6) is -3.48. The number of carbonyl (C=O) groups excluding carboxylic acids is 1. The van der Waals surface area contributed by atoms with Gasteiger partial charge in [0.1, 0.15) is 0 Å². The van der Waals surface area contributed by atoms with Crippen LogP contribution >= 0.6 is 12.4 Å². The van der Waals surface area contributed by atoms with Gasteiger partial charge in [-0.3, -0.25) is 4.79 Å². The van der Waals surface area contributed by atoms with Crippen molar-refractivity contribution < 1.29 is 13.6 Å². The van der Waals surface area contributed by atoms with Gasteiger partial charge in [0.05, 0.1) is 13.1 Å². The molecule has 1 unspecified atom stereocenters. The van der Waals surface area contributed by atoms with Crippen LogP contribution in [0.3, 0.4) is 0 Å². The van der Waals surface area contributed by atoms with E-state index < -0.39 is 19.0 Å². The van der Waals surface area contributed by atoms with E-state index >= 15 is 0 Å². The number of nitrogens with two attached hydrogens (primary N) is 1. The lowest BCUT2D eigenvalue weighted by molar-refractivity contribution is -0.127. The lowest BCUT2D eigenvalue weighted by Gasteiger charge is -2.18. The normalized spacial score (nSPS) is 13.3. The number of carbonyl (C=O) groups is 1. The SMILES string of the molecule is CC(C)C(C)C(=O)NCC(F)(F)CN.Cl. The fourth-order valence-corrected chi connectivity index (χ4v) is 0.752. The van der Waals surface area contributed by atoms with Crippen LogP contribution in [0.5, 0.6) is 0 Å². The van der Waals surface area contributed by atoms with E-state index in [1.807, 2.05) is 13.8 Å². The Kier molecular flexibility index (Phi) is 7.88. The summed E-state index contributed by atoms with van der Waals surface area (Å²) in [7, 11) is 0. The van der Waals surface area contributed by atoms with Gasteiger partial charge < -0.3 is 11.1 Å². The summed E-state index contributed by atoms with van der Waals surface area (Å²) in [4.78, 5) is 11.3. The van der Waals surface area contributed by atoms with Crippen molar-refractivity contribution >= 4 is 18.3 Å². The van der Waals surface area contributed by atoms with E-state index in [1.165, 1.54) is 0 Å². The first-order valence-corrected chi connectivity index (χ1v) is 4.66. The fraction of sp³-hybridized carbons (Fsp3) is 0.889. The van der Waals surface area contributed by atoms with Crippen LogP contribution in [-0.4, -0.2) is 24.9 Å². The van der Waals surface area contributed by atoms with Crippen molar-refractivity contribution in [3.8, 4) is 0 Å². The van der Waals surface area contributed by atoms with Gasteiger partial charge in [-0.1, -0.05) is 20.8 Å². The molecule has 0 saturated heterocycles. The van der Waals surface area contributed by atoms with E-state index in [-0.39, 0.29) is 30.2 Å². The van der Waals surface area contributed by atoms with Crippen LogP contribution < -0.4 is 11.1 Å². The zero-order valence-electron chi connectivity index (χ0n) is 9.22.